The molecule has 3 N–H and O–H groups in total. The van der Waals surface area contributed by atoms with Crippen LogP contribution in [0.25, 0.3) is 0 Å². The van der Waals surface area contributed by atoms with E-state index in [0.29, 0.717) is 6.54 Å². The Kier molecular flexibility index (Phi) is 13.5. The third-order valence-electron chi connectivity index (χ3n) is 4.20. The van der Waals surface area contributed by atoms with E-state index in [2.05, 4.69) is 6.92 Å². The number of nitrogens with two attached hydrogens (primary N) is 1. The number of unbranched alkanes of at least 4 members (excludes halogenated alkanes) is 5. The van der Waals surface area contributed by atoms with Gasteiger partial charge in [0.15, 0.2) is 0 Å². The molecule has 0 spiro atoms. The molecule has 124 valence electrons. The van der Waals surface area contributed by atoms with Gasteiger partial charge in [0, 0.05) is 5.92 Å². The third kappa shape index (κ3) is 11.4. The first-order valence-corrected chi connectivity index (χ1v) is 8.53. The number of hydrogen-bond donors (Lipinski definition) is 2. The van der Waals surface area contributed by atoms with Crippen molar-refractivity contribution in [3.05, 3.63) is 0 Å². The van der Waals surface area contributed by atoms with Crippen LogP contribution in [0.4, 0.5) is 0 Å². The fourth-order valence-electron chi connectivity index (χ4n) is 2.62. The predicted molar refractivity (Wildman–Crippen MR) is 86.2 cm³/mol. The van der Waals surface area contributed by atoms with Crippen LogP contribution in [-0.4, -0.2) is 23.9 Å². The number of carbonyl (C=O) groups excluding carboxylic acids is 1. The first-order valence-electron chi connectivity index (χ1n) is 8.53. The van der Waals surface area contributed by atoms with Crippen molar-refractivity contribution in [3.63, 3.8) is 0 Å². The second-order valence-corrected chi connectivity index (χ2v) is 5.97. The first kappa shape index (κ1) is 20.1. The van der Waals surface area contributed by atoms with Gasteiger partial charge >= 0.3 is 5.97 Å². The van der Waals surface area contributed by atoms with Crippen molar-refractivity contribution in [2.24, 2.45) is 17.6 Å². The fourth-order valence-corrected chi connectivity index (χ4v) is 2.62. The summed E-state index contributed by atoms with van der Waals surface area (Å²) in [6.07, 6.45) is 11.9. The number of hydrogen-bond acceptors (Lipinski definition) is 3. The van der Waals surface area contributed by atoms with Crippen molar-refractivity contribution in [1.29, 1.82) is 0 Å². The molecule has 21 heavy (non-hydrogen) atoms. The van der Waals surface area contributed by atoms with Crippen LogP contribution in [0.5, 0.6) is 0 Å². The molecule has 0 saturated heterocycles. The molecule has 0 aliphatic carbocycles. The molecular weight excluding hydrogens is 266 g/mol. The van der Waals surface area contributed by atoms with Gasteiger partial charge in [-0.05, 0) is 38.6 Å². The van der Waals surface area contributed by atoms with E-state index < -0.39 is 5.97 Å². The van der Waals surface area contributed by atoms with E-state index in [4.69, 9.17) is 10.8 Å². The second-order valence-electron chi connectivity index (χ2n) is 5.97. The third-order valence-corrected chi connectivity index (χ3v) is 4.20. The summed E-state index contributed by atoms with van der Waals surface area (Å²) < 4.78 is 0. The highest BCUT2D eigenvalue weighted by Crippen LogP contribution is 2.18. The summed E-state index contributed by atoms with van der Waals surface area (Å²) in [6.45, 7) is 2.70. The van der Waals surface area contributed by atoms with Crippen LogP contribution < -0.4 is 5.73 Å². The Labute approximate surface area is 129 Å². The molecule has 0 fully saturated rings. The van der Waals surface area contributed by atoms with Gasteiger partial charge in [0.1, 0.15) is 6.29 Å². The molecule has 0 heterocycles. The molecule has 0 aromatic rings. The smallest absolute Gasteiger partial charge is 0.306 e. The number of carboxylic acid groups (broad SMARTS) is 1. The molecule has 2 unspecified atom stereocenters. The highest BCUT2D eigenvalue weighted by atomic mass is 16.4. The summed E-state index contributed by atoms with van der Waals surface area (Å²) in [6, 6.07) is 0. The molecule has 4 heteroatoms. The SMILES string of the molecule is CCC(C=O)CCCCCCCC(CCCCN)C(=O)O. The maximum absolute atomic E-state index is 11.1. The minimum absolute atomic E-state index is 0.198. The van der Waals surface area contributed by atoms with E-state index in [1.165, 1.54) is 0 Å². The molecule has 0 aliphatic heterocycles. The maximum atomic E-state index is 11.1. The molecule has 0 aliphatic rings. The zero-order chi connectivity index (χ0) is 15.9. The Morgan fingerprint density at radius 1 is 1.00 bits per heavy atom. The first-order chi connectivity index (χ1) is 10.2. The van der Waals surface area contributed by atoms with Crippen LogP contribution in [-0.2, 0) is 9.59 Å². The Morgan fingerprint density at radius 2 is 1.52 bits per heavy atom. The van der Waals surface area contributed by atoms with Crippen LogP contribution in [0, 0.1) is 11.8 Å². The normalized spacial score (nSPS) is 13.8. The molecule has 0 radical (unpaired) electrons. The molecule has 0 bridgehead atoms. The maximum Gasteiger partial charge on any atom is 0.306 e. The Morgan fingerprint density at radius 3 is 2.00 bits per heavy atom. The lowest BCUT2D eigenvalue weighted by Crippen LogP contribution is -2.14. The highest BCUT2D eigenvalue weighted by molar-refractivity contribution is 5.69. The topological polar surface area (TPSA) is 80.4 Å². The van der Waals surface area contributed by atoms with Crippen LogP contribution in [0.2, 0.25) is 0 Å². The van der Waals surface area contributed by atoms with E-state index in [-0.39, 0.29) is 11.8 Å². The van der Waals surface area contributed by atoms with E-state index >= 15 is 0 Å². The standard InChI is InChI=1S/C17H33NO3/c1-2-15(14-19)10-6-4-3-5-7-11-16(17(20)21)12-8-9-13-18/h14-16H,2-13,18H2,1H3,(H,20,21). The number of rotatable bonds is 15. The van der Waals surface area contributed by atoms with Crippen LogP contribution in [0.15, 0.2) is 0 Å². The van der Waals surface area contributed by atoms with Gasteiger partial charge in [0.05, 0.1) is 5.92 Å². The molecule has 4 nitrogen and oxygen atoms in total. The second kappa shape index (κ2) is 14.1. The fraction of sp³-hybridized carbons (Fsp3) is 0.882. The van der Waals surface area contributed by atoms with Gasteiger partial charge in [-0.15, -0.1) is 0 Å². The van der Waals surface area contributed by atoms with Gasteiger partial charge < -0.3 is 15.6 Å². The van der Waals surface area contributed by atoms with Crippen molar-refractivity contribution >= 4 is 12.3 Å². The van der Waals surface area contributed by atoms with Gasteiger partial charge in [-0.1, -0.05) is 45.4 Å². The average molecular weight is 299 g/mol. The molecule has 0 amide bonds. The minimum Gasteiger partial charge on any atom is -0.481 e. The highest BCUT2D eigenvalue weighted by Gasteiger charge is 2.16. The number of carbonyl (C=O) groups is 2. The van der Waals surface area contributed by atoms with Crippen molar-refractivity contribution in [2.75, 3.05) is 6.54 Å². The van der Waals surface area contributed by atoms with Gasteiger partial charge in [0.25, 0.3) is 0 Å². The van der Waals surface area contributed by atoms with E-state index in [1.807, 2.05) is 0 Å². The summed E-state index contributed by atoms with van der Waals surface area (Å²) in [5, 5.41) is 9.16. The average Bonchev–Trinajstić information content (AvgIpc) is 2.48. The van der Waals surface area contributed by atoms with Crippen molar-refractivity contribution in [3.8, 4) is 0 Å². The molecule has 2 atom stereocenters. The van der Waals surface area contributed by atoms with Crippen LogP contribution >= 0.6 is 0 Å². The summed E-state index contributed by atoms with van der Waals surface area (Å²) >= 11 is 0. The van der Waals surface area contributed by atoms with Gasteiger partial charge in [-0.2, -0.15) is 0 Å². The van der Waals surface area contributed by atoms with Gasteiger partial charge in [0.2, 0.25) is 0 Å². The predicted octanol–water partition coefficient (Wildman–Crippen LogP) is 3.77. The minimum atomic E-state index is -0.663. The molecule has 0 aromatic heterocycles. The Balaban J connectivity index is 3.57. The van der Waals surface area contributed by atoms with Crippen LogP contribution in [0.1, 0.15) is 77.6 Å². The van der Waals surface area contributed by atoms with Crippen molar-refractivity contribution in [1.82, 2.24) is 0 Å². The zero-order valence-corrected chi connectivity index (χ0v) is 13.6. The lowest BCUT2D eigenvalue weighted by atomic mass is 9.94. The van der Waals surface area contributed by atoms with E-state index in [9.17, 15) is 9.59 Å². The van der Waals surface area contributed by atoms with Gasteiger partial charge in [-0.3, -0.25) is 4.79 Å². The lowest BCUT2D eigenvalue weighted by Gasteiger charge is -2.12. The lowest BCUT2D eigenvalue weighted by molar-refractivity contribution is -0.142. The Bertz CT molecular complexity index is 269. The largest absolute Gasteiger partial charge is 0.481 e. The zero-order valence-electron chi connectivity index (χ0n) is 13.6. The van der Waals surface area contributed by atoms with Gasteiger partial charge in [-0.25, -0.2) is 0 Å². The molecule has 0 rings (SSSR count). The quantitative estimate of drug-likeness (QED) is 0.356. The Hall–Kier alpha value is -0.900. The van der Waals surface area contributed by atoms with Crippen LogP contribution in [0.3, 0.4) is 0 Å². The number of carboxylic acids is 1. The molecular formula is C17H33NO3. The summed E-state index contributed by atoms with van der Waals surface area (Å²) in [5.41, 5.74) is 5.43. The summed E-state index contributed by atoms with van der Waals surface area (Å²) in [7, 11) is 0. The monoisotopic (exact) mass is 299 g/mol. The van der Waals surface area contributed by atoms with Crippen molar-refractivity contribution in [2.45, 2.75) is 77.6 Å². The number of aliphatic carboxylic acids is 1. The summed E-state index contributed by atoms with van der Waals surface area (Å²) in [4.78, 5) is 21.8. The summed E-state index contributed by atoms with van der Waals surface area (Å²) in [5.74, 6) is -0.635. The molecule has 0 saturated carbocycles. The van der Waals surface area contributed by atoms with Crippen molar-refractivity contribution < 1.29 is 14.7 Å². The van der Waals surface area contributed by atoms with E-state index in [1.54, 1.807) is 0 Å². The number of aldehydes is 1. The molecule has 0 aromatic carbocycles. The van der Waals surface area contributed by atoms with E-state index in [0.717, 1.165) is 76.9 Å².